The maximum Gasteiger partial charge on any atom is 0.241 e. The Morgan fingerprint density at radius 3 is 2.24 bits per heavy atom. The van der Waals surface area contributed by atoms with Crippen molar-refractivity contribution in [2.24, 2.45) is 23.2 Å². The lowest BCUT2D eigenvalue weighted by Crippen LogP contribution is -2.48. The molecule has 4 saturated carbocycles. The third-order valence-electron chi connectivity index (χ3n) is 7.28. The summed E-state index contributed by atoms with van der Waals surface area (Å²) in [6.07, 6.45) is 8.41. The molecule has 5 rings (SSSR count). The topological polar surface area (TPSA) is 58.6 Å². The van der Waals surface area contributed by atoms with Gasteiger partial charge in [0, 0.05) is 13.5 Å². The minimum absolute atomic E-state index is 0.0459. The Bertz CT molecular complexity index is 708. The van der Waals surface area contributed by atoms with E-state index in [1.165, 1.54) is 44.1 Å². The Labute approximate surface area is 174 Å². The summed E-state index contributed by atoms with van der Waals surface area (Å²) in [6, 6.07) is 7.87. The number of aryl methyl sites for hydroxylation is 1. The molecule has 0 radical (unpaired) electrons. The minimum Gasteiger partial charge on any atom is -0.492 e. The molecule has 4 aliphatic carbocycles. The standard InChI is InChI=1S/C24H34N2O3/c1-17-3-5-21(6-4-17)29-8-7-26(2)23(28)16-25-22(27)15-24-12-18-9-19(13-24)11-20(10-18)14-24/h3-6,18-20H,7-16H2,1-2H3,(H,25,27). The van der Waals surface area contributed by atoms with Gasteiger partial charge >= 0.3 is 0 Å². The third kappa shape index (κ3) is 4.93. The number of nitrogens with zero attached hydrogens (tertiary/aromatic N) is 1. The summed E-state index contributed by atoms with van der Waals surface area (Å²) in [4.78, 5) is 26.6. The van der Waals surface area contributed by atoms with E-state index < -0.39 is 0 Å². The van der Waals surface area contributed by atoms with Crippen LogP contribution in [0.15, 0.2) is 24.3 Å². The Kier molecular flexibility index (Phi) is 5.84. The fraction of sp³-hybridized carbons (Fsp3) is 0.667. The third-order valence-corrected chi connectivity index (χ3v) is 7.28. The number of benzene rings is 1. The molecule has 4 bridgehead atoms. The van der Waals surface area contributed by atoms with Crippen LogP contribution in [0, 0.1) is 30.1 Å². The van der Waals surface area contributed by atoms with Crippen LogP contribution < -0.4 is 10.1 Å². The van der Waals surface area contributed by atoms with Crippen molar-refractivity contribution >= 4 is 11.8 Å². The van der Waals surface area contributed by atoms with Crippen molar-refractivity contribution in [1.29, 1.82) is 0 Å². The van der Waals surface area contributed by atoms with E-state index in [-0.39, 0.29) is 23.8 Å². The average molecular weight is 399 g/mol. The second-order valence-corrected chi connectivity index (χ2v) is 9.85. The first-order valence-electron chi connectivity index (χ1n) is 11.1. The monoisotopic (exact) mass is 398 g/mol. The molecule has 1 aromatic carbocycles. The van der Waals surface area contributed by atoms with Gasteiger partial charge in [-0.3, -0.25) is 9.59 Å². The van der Waals surface area contributed by atoms with Crippen LogP contribution in [0.4, 0.5) is 0 Å². The SMILES string of the molecule is Cc1ccc(OCCN(C)C(=O)CNC(=O)CC23CC4CC(CC(C4)C2)C3)cc1. The molecule has 4 aliphatic rings. The van der Waals surface area contributed by atoms with Crippen LogP contribution in [0.1, 0.15) is 50.5 Å². The fourth-order valence-electron chi connectivity index (χ4n) is 6.28. The Morgan fingerprint density at radius 1 is 1.07 bits per heavy atom. The molecule has 0 unspecified atom stereocenters. The van der Waals surface area contributed by atoms with Gasteiger partial charge in [0.15, 0.2) is 0 Å². The van der Waals surface area contributed by atoms with Crippen LogP contribution in [0.3, 0.4) is 0 Å². The van der Waals surface area contributed by atoms with Crippen LogP contribution >= 0.6 is 0 Å². The summed E-state index contributed by atoms with van der Waals surface area (Å²) in [5, 5.41) is 2.88. The van der Waals surface area contributed by atoms with E-state index in [1.54, 1.807) is 11.9 Å². The van der Waals surface area contributed by atoms with Crippen molar-refractivity contribution in [3.05, 3.63) is 29.8 Å². The van der Waals surface area contributed by atoms with Crippen molar-refractivity contribution in [3.8, 4) is 5.75 Å². The number of likely N-dealkylation sites (N-methyl/N-ethyl adjacent to an activating group) is 1. The van der Waals surface area contributed by atoms with Gasteiger partial charge in [0.1, 0.15) is 12.4 Å². The van der Waals surface area contributed by atoms with Crippen molar-refractivity contribution in [2.75, 3.05) is 26.7 Å². The highest BCUT2D eigenvalue weighted by Crippen LogP contribution is 2.61. The van der Waals surface area contributed by atoms with Crippen LogP contribution in [-0.2, 0) is 9.59 Å². The van der Waals surface area contributed by atoms with E-state index in [0.717, 1.165) is 23.5 Å². The van der Waals surface area contributed by atoms with Crippen molar-refractivity contribution < 1.29 is 14.3 Å². The van der Waals surface area contributed by atoms with E-state index in [0.29, 0.717) is 19.6 Å². The first-order valence-corrected chi connectivity index (χ1v) is 11.1. The maximum atomic E-state index is 12.6. The summed E-state index contributed by atoms with van der Waals surface area (Å²) >= 11 is 0. The number of hydrogen-bond acceptors (Lipinski definition) is 3. The van der Waals surface area contributed by atoms with Crippen LogP contribution in [0.25, 0.3) is 0 Å². The Balaban J connectivity index is 1.17. The minimum atomic E-state index is -0.0728. The number of hydrogen-bond donors (Lipinski definition) is 1. The van der Waals surface area contributed by atoms with Crippen LogP contribution in [0.2, 0.25) is 0 Å². The van der Waals surface area contributed by atoms with Gasteiger partial charge in [-0.25, -0.2) is 0 Å². The zero-order valence-corrected chi connectivity index (χ0v) is 17.8. The molecule has 1 aromatic rings. The molecule has 0 spiro atoms. The smallest absolute Gasteiger partial charge is 0.241 e. The number of amides is 2. The highest BCUT2D eigenvalue weighted by Gasteiger charge is 2.51. The molecule has 0 saturated heterocycles. The zero-order chi connectivity index (χ0) is 20.4. The molecule has 1 N–H and O–H groups in total. The molecule has 2 amide bonds. The lowest BCUT2D eigenvalue weighted by atomic mass is 9.49. The lowest BCUT2D eigenvalue weighted by molar-refractivity contribution is -0.135. The van der Waals surface area contributed by atoms with Gasteiger partial charge in [-0.1, -0.05) is 17.7 Å². The molecule has 5 nitrogen and oxygen atoms in total. The first kappa shape index (κ1) is 20.2. The Hall–Kier alpha value is -2.04. The molecule has 0 aromatic heterocycles. The van der Waals surface area contributed by atoms with E-state index in [1.807, 2.05) is 31.2 Å². The summed E-state index contributed by atoms with van der Waals surface area (Å²) in [6.45, 7) is 3.05. The zero-order valence-electron chi connectivity index (χ0n) is 17.8. The average Bonchev–Trinajstić information content (AvgIpc) is 2.66. The number of ether oxygens (including phenoxy) is 1. The largest absolute Gasteiger partial charge is 0.492 e. The van der Waals surface area contributed by atoms with Crippen molar-refractivity contribution in [2.45, 2.75) is 51.9 Å². The van der Waals surface area contributed by atoms with Crippen molar-refractivity contribution in [1.82, 2.24) is 10.2 Å². The van der Waals surface area contributed by atoms with E-state index >= 15 is 0 Å². The lowest BCUT2D eigenvalue weighted by Gasteiger charge is -2.56. The van der Waals surface area contributed by atoms with Crippen LogP contribution in [0.5, 0.6) is 5.75 Å². The predicted molar refractivity (Wildman–Crippen MR) is 113 cm³/mol. The normalized spacial score (nSPS) is 29.5. The number of nitrogens with one attached hydrogen (secondary N) is 1. The number of carbonyl (C=O) groups excluding carboxylic acids is 2. The summed E-state index contributed by atoms with van der Waals surface area (Å²) in [7, 11) is 1.76. The molecule has 4 fully saturated rings. The molecular weight excluding hydrogens is 364 g/mol. The molecule has 0 heterocycles. The van der Waals surface area contributed by atoms with E-state index in [9.17, 15) is 9.59 Å². The van der Waals surface area contributed by atoms with Gasteiger partial charge < -0.3 is 15.0 Å². The van der Waals surface area contributed by atoms with E-state index in [4.69, 9.17) is 4.74 Å². The molecule has 158 valence electrons. The molecule has 0 atom stereocenters. The second-order valence-electron chi connectivity index (χ2n) is 9.85. The Morgan fingerprint density at radius 2 is 1.66 bits per heavy atom. The van der Waals surface area contributed by atoms with Gasteiger partial charge in [0.05, 0.1) is 13.1 Å². The van der Waals surface area contributed by atoms with Gasteiger partial charge in [-0.15, -0.1) is 0 Å². The maximum absolute atomic E-state index is 12.6. The highest BCUT2D eigenvalue weighted by molar-refractivity contribution is 5.84. The molecule has 5 heteroatoms. The van der Waals surface area contributed by atoms with Gasteiger partial charge in [0.25, 0.3) is 0 Å². The van der Waals surface area contributed by atoms with Gasteiger partial charge in [-0.05, 0) is 80.8 Å². The second kappa shape index (κ2) is 8.37. The summed E-state index contributed by atoms with van der Waals surface area (Å²) in [5.41, 5.74) is 1.41. The first-order chi connectivity index (χ1) is 13.9. The quantitative estimate of drug-likeness (QED) is 0.728. The molecular formula is C24H34N2O3. The van der Waals surface area contributed by atoms with Crippen molar-refractivity contribution in [3.63, 3.8) is 0 Å². The molecule has 0 aliphatic heterocycles. The highest BCUT2D eigenvalue weighted by atomic mass is 16.5. The molecule has 29 heavy (non-hydrogen) atoms. The number of rotatable bonds is 8. The van der Waals surface area contributed by atoms with Gasteiger partial charge in [-0.2, -0.15) is 0 Å². The summed E-state index contributed by atoms with van der Waals surface area (Å²) in [5.74, 6) is 3.31. The number of carbonyl (C=O) groups is 2. The predicted octanol–water partition coefficient (Wildman–Crippen LogP) is 3.55. The van der Waals surface area contributed by atoms with Crippen LogP contribution in [-0.4, -0.2) is 43.5 Å². The van der Waals surface area contributed by atoms with E-state index in [2.05, 4.69) is 5.32 Å². The summed E-state index contributed by atoms with van der Waals surface area (Å²) < 4.78 is 5.69. The van der Waals surface area contributed by atoms with Gasteiger partial charge in [0.2, 0.25) is 11.8 Å². The fourth-order valence-corrected chi connectivity index (χ4v) is 6.28.